The molecule has 0 aromatic carbocycles. The molecule has 0 aromatic rings. The van der Waals surface area contributed by atoms with Crippen LogP contribution in [0.25, 0.3) is 0 Å². The Balaban J connectivity index is 3.97. The first-order chi connectivity index (χ1) is 8.41. The third-order valence-corrected chi connectivity index (χ3v) is 2.49. The number of rotatable bonds is 7. The van der Waals surface area contributed by atoms with Crippen molar-refractivity contribution in [3.8, 4) is 0 Å². The third kappa shape index (κ3) is 9.51. The molecule has 0 aromatic heterocycles. The van der Waals surface area contributed by atoms with E-state index in [0.717, 1.165) is 25.7 Å². The van der Waals surface area contributed by atoms with E-state index in [-0.39, 0.29) is 6.53 Å². The quantitative estimate of drug-likeness (QED) is 0.387. The molecule has 0 spiro atoms. The molecular formula is C16H26. The van der Waals surface area contributed by atoms with Gasteiger partial charge in [-0.1, -0.05) is 47.6 Å². The van der Waals surface area contributed by atoms with Gasteiger partial charge in [-0.3, -0.25) is 0 Å². The minimum atomic E-state index is -0.136. The molecule has 0 fully saturated rings. The molecule has 0 saturated carbocycles. The molecule has 0 saturated heterocycles. The van der Waals surface area contributed by atoms with Gasteiger partial charge < -0.3 is 0 Å². The zero-order valence-corrected chi connectivity index (χ0v) is 11.1. The van der Waals surface area contributed by atoms with Gasteiger partial charge in [-0.25, -0.2) is 0 Å². The van der Waals surface area contributed by atoms with Crippen LogP contribution in [0.2, 0.25) is 0 Å². The smallest absolute Gasteiger partial charge is 0.0538 e. The van der Waals surface area contributed by atoms with Gasteiger partial charge in [-0.15, -0.1) is 0 Å². The van der Waals surface area contributed by atoms with Crippen molar-refractivity contribution in [2.75, 3.05) is 0 Å². The SMILES string of the molecule is [2H]C([2H])=C/C=C(\C)CC/C=C(\C)CCC=C(C)C. The average molecular weight is 220 g/mol. The van der Waals surface area contributed by atoms with Crippen molar-refractivity contribution < 1.29 is 2.74 Å². The zero-order valence-electron chi connectivity index (χ0n) is 13.1. The Hall–Kier alpha value is -1.04. The highest BCUT2D eigenvalue weighted by molar-refractivity contribution is 5.09. The Labute approximate surface area is 104 Å². The fourth-order valence-corrected chi connectivity index (χ4v) is 1.46. The van der Waals surface area contributed by atoms with E-state index in [2.05, 4.69) is 32.9 Å². The van der Waals surface area contributed by atoms with Crippen molar-refractivity contribution in [1.82, 2.24) is 0 Å². The van der Waals surface area contributed by atoms with E-state index in [1.54, 1.807) is 0 Å². The fourth-order valence-electron chi connectivity index (χ4n) is 1.46. The second-order valence-electron chi connectivity index (χ2n) is 4.59. The predicted octanol–water partition coefficient (Wildman–Crippen LogP) is 5.59. The predicted molar refractivity (Wildman–Crippen MR) is 75.6 cm³/mol. The summed E-state index contributed by atoms with van der Waals surface area (Å²) >= 11 is 0. The van der Waals surface area contributed by atoms with Gasteiger partial charge in [0.15, 0.2) is 0 Å². The van der Waals surface area contributed by atoms with Crippen molar-refractivity contribution >= 4 is 0 Å². The second kappa shape index (κ2) is 9.21. The van der Waals surface area contributed by atoms with Gasteiger partial charge in [-0.05, 0) is 53.4 Å². The molecule has 0 atom stereocenters. The molecule has 0 aliphatic carbocycles. The monoisotopic (exact) mass is 220 g/mol. The summed E-state index contributed by atoms with van der Waals surface area (Å²) in [4.78, 5) is 0. The van der Waals surface area contributed by atoms with Crippen LogP contribution in [0.3, 0.4) is 0 Å². The van der Waals surface area contributed by atoms with Crippen LogP contribution >= 0.6 is 0 Å². The van der Waals surface area contributed by atoms with Crippen LogP contribution in [-0.4, -0.2) is 0 Å². The standard InChI is InChI=1S/C16H26/c1-6-9-15(4)12-8-13-16(5)11-7-10-14(2)3/h6,9-10,13H,1,7-8,11-12H2,2-5H3/b15-9+,16-13+/i1D2. The van der Waals surface area contributed by atoms with Gasteiger partial charge in [0, 0.05) is 0 Å². The Kier molecular flexibility index (Phi) is 6.58. The van der Waals surface area contributed by atoms with Crippen LogP contribution < -0.4 is 0 Å². The maximum absolute atomic E-state index is 6.99. The topological polar surface area (TPSA) is 0 Å². The van der Waals surface area contributed by atoms with E-state index in [9.17, 15) is 0 Å². The molecule has 0 heterocycles. The first-order valence-corrected chi connectivity index (χ1v) is 6.01. The summed E-state index contributed by atoms with van der Waals surface area (Å²) in [5, 5.41) is 0. The number of hydrogen-bond acceptors (Lipinski definition) is 0. The highest BCUT2D eigenvalue weighted by Crippen LogP contribution is 2.11. The van der Waals surface area contributed by atoms with Gasteiger partial charge in [0.05, 0.1) is 2.74 Å². The molecule has 0 amide bonds. The molecule has 16 heavy (non-hydrogen) atoms. The maximum atomic E-state index is 6.99. The highest BCUT2D eigenvalue weighted by Gasteiger charge is 1.90. The van der Waals surface area contributed by atoms with Crippen LogP contribution in [0.5, 0.6) is 0 Å². The molecule has 0 aliphatic rings. The lowest BCUT2D eigenvalue weighted by molar-refractivity contribution is 0.918. The third-order valence-electron chi connectivity index (χ3n) is 2.49. The van der Waals surface area contributed by atoms with E-state index in [1.165, 1.54) is 22.8 Å². The Morgan fingerprint density at radius 2 is 1.62 bits per heavy atom. The lowest BCUT2D eigenvalue weighted by Gasteiger charge is -2.00. The summed E-state index contributed by atoms with van der Waals surface area (Å²) in [7, 11) is 0. The Morgan fingerprint density at radius 3 is 2.25 bits per heavy atom. The molecule has 0 bridgehead atoms. The van der Waals surface area contributed by atoms with E-state index in [1.807, 2.05) is 13.0 Å². The summed E-state index contributed by atoms with van der Waals surface area (Å²) in [5.41, 5.74) is 4.05. The van der Waals surface area contributed by atoms with Crippen LogP contribution in [0.1, 0.15) is 56.1 Å². The van der Waals surface area contributed by atoms with Gasteiger partial charge in [0.1, 0.15) is 0 Å². The van der Waals surface area contributed by atoms with Gasteiger partial charge in [0.2, 0.25) is 0 Å². The molecule has 0 radical (unpaired) electrons. The van der Waals surface area contributed by atoms with E-state index in [4.69, 9.17) is 2.74 Å². The van der Waals surface area contributed by atoms with Crippen molar-refractivity contribution in [2.45, 2.75) is 53.4 Å². The van der Waals surface area contributed by atoms with Crippen molar-refractivity contribution in [2.24, 2.45) is 0 Å². The summed E-state index contributed by atoms with van der Waals surface area (Å²) in [6.07, 6.45) is 12.3. The van der Waals surface area contributed by atoms with Crippen molar-refractivity contribution in [1.29, 1.82) is 0 Å². The Morgan fingerprint density at radius 1 is 1.00 bits per heavy atom. The van der Waals surface area contributed by atoms with E-state index in [0.29, 0.717) is 0 Å². The molecule has 0 heteroatoms. The summed E-state index contributed by atoms with van der Waals surface area (Å²) in [6, 6.07) is 0. The minimum Gasteiger partial charge on any atom is -0.0991 e. The Bertz CT molecular complexity index is 349. The fraction of sp³-hybridized carbons (Fsp3) is 0.500. The zero-order chi connectivity index (χ0) is 14.0. The summed E-state index contributed by atoms with van der Waals surface area (Å²) in [5.74, 6) is 0. The largest absolute Gasteiger partial charge is 0.0991 e. The van der Waals surface area contributed by atoms with Gasteiger partial charge in [-0.2, -0.15) is 0 Å². The summed E-state index contributed by atoms with van der Waals surface area (Å²) < 4.78 is 14.0. The van der Waals surface area contributed by atoms with E-state index >= 15 is 0 Å². The van der Waals surface area contributed by atoms with Crippen LogP contribution in [-0.2, 0) is 0 Å². The minimum absolute atomic E-state index is 0.136. The first-order valence-electron chi connectivity index (χ1n) is 7.01. The molecule has 0 aliphatic heterocycles. The maximum Gasteiger partial charge on any atom is 0.0538 e. The number of hydrogen-bond donors (Lipinski definition) is 0. The first kappa shape index (κ1) is 11.4. The molecule has 90 valence electrons. The second-order valence-corrected chi connectivity index (χ2v) is 4.59. The van der Waals surface area contributed by atoms with Gasteiger partial charge >= 0.3 is 0 Å². The molecule has 0 unspecified atom stereocenters. The molecular weight excluding hydrogens is 192 g/mol. The molecule has 0 N–H and O–H groups in total. The average Bonchev–Trinajstić information content (AvgIpc) is 2.25. The summed E-state index contributed by atoms with van der Waals surface area (Å²) in [6.45, 7) is 8.36. The molecule has 0 nitrogen and oxygen atoms in total. The van der Waals surface area contributed by atoms with Crippen LogP contribution in [0.15, 0.2) is 47.6 Å². The van der Waals surface area contributed by atoms with Crippen LogP contribution in [0.4, 0.5) is 0 Å². The van der Waals surface area contributed by atoms with Crippen molar-refractivity contribution in [3.05, 3.63) is 47.6 Å². The lowest BCUT2D eigenvalue weighted by Crippen LogP contribution is -1.80. The highest BCUT2D eigenvalue weighted by atomic mass is 14.0. The van der Waals surface area contributed by atoms with Crippen molar-refractivity contribution in [3.63, 3.8) is 0 Å². The lowest BCUT2D eigenvalue weighted by atomic mass is 10.1. The van der Waals surface area contributed by atoms with Gasteiger partial charge in [0.25, 0.3) is 0 Å². The van der Waals surface area contributed by atoms with Crippen LogP contribution in [0, 0.1) is 0 Å². The number of allylic oxidation sites excluding steroid dienone is 7. The van der Waals surface area contributed by atoms with E-state index < -0.39 is 0 Å². The molecule has 0 rings (SSSR count). The normalized spacial score (nSPS) is 14.0.